The van der Waals surface area contributed by atoms with Crippen molar-refractivity contribution in [3.8, 4) is 5.69 Å². The van der Waals surface area contributed by atoms with Gasteiger partial charge in [0.05, 0.1) is 24.0 Å². The average molecular weight is 469 g/mol. The lowest BCUT2D eigenvalue weighted by Gasteiger charge is -2.38. The number of nitrogens with zero attached hydrogens (tertiary/aromatic N) is 5. The molecule has 0 saturated carbocycles. The van der Waals surface area contributed by atoms with Gasteiger partial charge in [0, 0.05) is 35.8 Å². The van der Waals surface area contributed by atoms with Crippen molar-refractivity contribution >= 4 is 27.8 Å². The molecule has 1 aliphatic heterocycles. The van der Waals surface area contributed by atoms with Crippen molar-refractivity contribution in [2.75, 3.05) is 13.1 Å². The van der Waals surface area contributed by atoms with E-state index in [0.717, 1.165) is 16.6 Å². The highest BCUT2D eigenvalue weighted by molar-refractivity contribution is 6.06. The molecule has 0 unspecified atom stereocenters. The number of fused-ring (bicyclic) bond motifs is 2. The summed E-state index contributed by atoms with van der Waals surface area (Å²) in [6.07, 6.45) is 5.54. The Bertz CT molecular complexity index is 1590. The van der Waals surface area contributed by atoms with Gasteiger partial charge < -0.3 is 15.0 Å². The topological polar surface area (TPSA) is 109 Å². The number of hydrogen-bond acceptors (Lipinski definition) is 5. The normalized spacial score (nSPS) is 15.6. The number of hydrogen-bond donors (Lipinski definition) is 2. The summed E-state index contributed by atoms with van der Waals surface area (Å²) in [5, 5.41) is 16.9. The van der Waals surface area contributed by atoms with Crippen LogP contribution < -0.4 is 5.56 Å². The van der Waals surface area contributed by atoms with Crippen LogP contribution in [0.25, 0.3) is 27.6 Å². The lowest BCUT2D eigenvalue weighted by Crippen LogP contribution is -2.49. The van der Waals surface area contributed by atoms with Crippen LogP contribution in [0.1, 0.15) is 23.2 Å². The molecule has 9 heteroatoms. The maximum absolute atomic E-state index is 13.2. The molecule has 0 radical (unpaired) electrons. The van der Waals surface area contributed by atoms with Gasteiger partial charge in [0.1, 0.15) is 11.7 Å². The minimum atomic E-state index is -1.11. The first-order chi connectivity index (χ1) is 17.0. The zero-order valence-electron chi connectivity index (χ0n) is 19.0. The van der Waals surface area contributed by atoms with Crippen molar-refractivity contribution in [1.29, 1.82) is 0 Å². The number of amides is 1. The molecule has 1 fully saturated rings. The van der Waals surface area contributed by atoms with Crippen molar-refractivity contribution in [3.63, 3.8) is 0 Å². The third-order valence-corrected chi connectivity index (χ3v) is 6.83. The first-order valence-electron chi connectivity index (χ1n) is 11.6. The monoisotopic (exact) mass is 468 g/mol. The van der Waals surface area contributed by atoms with Gasteiger partial charge in [-0.15, -0.1) is 0 Å². The maximum Gasteiger partial charge on any atom is 0.264 e. The van der Waals surface area contributed by atoms with Crippen LogP contribution in [0.4, 0.5) is 0 Å². The number of nitrogens with one attached hydrogen (secondary N) is 1. The lowest BCUT2D eigenvalue weighted by atomic mass is 9.90. The largest absolute Gasteiger partial charge is 0.388 e. The number of aliphatic hydroxyl groups is 1. The molecule has 0 bridgehead atoms. The van der Waals surface area contributed by atoms with Crippen LogP contribution in [0.3, 0.4) is 0 Å². The highest BCUT2D eigenvalue weighted by atomic mass is 16.3. The highest BCUT2D eigenvalue weighted by Gasteiger charge is 2.35. The molecule has 35 heavy (non-hydrogen) atoms. The Balaban J connectivity index is 1.20. The molecular formula is C26H24N6O3. The number of aromatic amines is 1. The Morgan fingerprint density at radius 2 is 1.83 bits per heavy atom. The summed E-state index contributed by atoms with van der Waals surface area (Å²) < 4.78 is 3.07. The standard InChI is InChI=1S/C26H24N6O3/c33-24(20-7-4-8-22-19(20)9-12-27-22)30-13-10-26(35,11-14-30)16-31-17-28-23-21(25(31)34)15-29-32(23)18-5-2-1-3-6-18/h1-9,12,15,17,27,35H,10-11,13-14,16H2. The molecule has 2 aromatic carbocycles. The number of aromatic nitrogens is 5. The molecule has 176 valence electrons. The number of para-hydroxylation sites is 1. The summed E-state index contributed by atoms with van der Waals surface area (Å²) in [7, 11) is 0. The third-order valence-electron chi connectivity index (χ3n) is 6.83. The van der Waals surface area contributed by atoms with Gasteiger partial charge in [-0.2, -0.15) is 5.10 Å². The van der Waals surface area contributed by atoms with E-state index in [1.54, 1.807) is 9.58 Å². The van der Waals surface area contributed by atoms with Gasteiger partial charge in [-0.1, -0.05) is 24.3 Å². The van der Waals surface area contributed by atoms with E-state index in [4.69, 9.17) is 0 Å². The fourth-order valence-electron chi connectivity index (χ4n) is 4.86. The van der Waals surface area contributed by atoms with Gasteiger partial charge in [0.25, 0.3) is 11.5 Å². The van der Waals surface area contributed by atoms with E-state index in [1.165, 1.54) is 17.1 Å². The second-order valence-corrected chi connectivity index (χ2v) is 9.07. The van der Waals surface area contributed by atoms with Crippen LogP contribution in [-0.4, -0.2) is 58.9 Å². The van der Waals surface area contributed by atoms with Crippen LogP contribution in [0.2, 0.25) is 0 Å². The second-order valence-electron chi connectivity index (χ2n) is 9.07. The number of piperidine rings is 1. The smallest absolute Gasteiger partial charge is 0.264 e. The Hall–Kier alpha value is -4.24. The lowest BCUT2D eigenvalue weighted by molar-refractivity contribution is -0.0299. The number of carbonyl (C=O) groups is 1. The zero-order chi connectivity index (χ0) is 24.0. The molecule has 1 saturated heterocycles. The van der Waals surface area contributed by atoms with Crippen LogP contribution in [-0.2, 0) is 6.54 Å². The van der Waals surface area contributed by atoms with Crippen molar-refractivity contribution in [2.45, 2.75) is 25.0 Å². The van der Waals surface area contributed by atoms with Gasteiger partial charge >= 0.3 is 0 Å². The van der Waals surface area contributed by atoms with Crippen molar-refractivity contribution < 1.29 is 9.90 Å². The molecule has 6 rings (SSSR count). The van der Waals surface area contributed by atoms with Gasteiger partial charge in [0.2, 0.25) is 0 Å². The molecule has 3 aromatic heterocycles. The van der Waals surface area contributed by atoms with Crippen LogP contribution in [0.5, 0.6) is 0 Å². The Kier molecular flexibility index (Phi) is 5.00. The average Bonchev–Trinajstić information content (AvgIpc) is 3.54. The second kappa shape index (κ2) is 8.21. The van der Waals surface area contributed by atoms with E-state index in [0.29, 0.717) is 42.5 Å². The molecule has 0 atom stereocenters. The molecule has 5 aromatic rings. The molecule has 4 heterocycles. The van der Waals surface area contributed by atoms with E-state index in [1.807, 2.05) is 60.8 Å². The van der Waals surface area contributed by atoms with E-state index in [9.17, 15) is 14.7 Å². The number of H-pyrrole nitrogens is 1. The van der Waals surface area contributed by atoms with Gasteiger partial charge in [-0.05, 0) is 43.2 Å². The van der Waals surface area contributed by atoms with Gasteiger partial charge in [-0.25, -0.2) is 9.67 Å². The Morgan fingerprint density at radius 3 is 2.63 bits per heavy atom. The maximum atomic E-state index is 13.2. The Labute approximate surface area is 200 Å². The number of rotatable bonds is 4. The first kappa shape index (κ1) is 21.3. The van der Waals surface area contributed by atoms with Gasteiger partial charge in [-0.3, -0.25) is 14.2 Å². The predicted molar refractivity (Wildman–Crippen MR) is 132 cm³/mol. The molecule has 0 spiro atoms. The molecule has 1 amide bonds. The van der Waals surface area contributed by atoms with E-state index < -0.39 is 5.60 Å². The number of benzene rings is 2. The molecule has 2 N–H and O–H groups in total. The van der Waals surface area contributed by atoms with Crippen LogP contribution in [0.15, 0.2) is 78.1 Å². The zero-order valence-corrected chi connectivity index (χ0v) is 19.0. The first-order valence-corrected chi connectivity index (χ1v) is 11.6. The van der Waals surface area contributed by atoms with Crippen LogP contribution >= 0.6 is 0 Å². The summed E-state index contributed by atoms with van der Waals surface area (Å²) in [5.41, 5.74) is 1.51. The SMILES string of the molecule is O=C(c1cccc2[nH]ccc12)N1CCC(O)(Cn2cnc3c(cnn3-c3ccccc3)c2=O)CC1. The van der Waals surface area contributed by atoms with Crippen LogP contribution in [0, 0.1) is 0 Å². The minimum absolute atomic E-state index is 0.0502. The fraction of sp³-hybridized carbons (Fsp3) is 0.231. The summed E-state index contributed by atoms with van der Waals surface area (Å²) >= 11 is 0. The molecule has 0 aliphatic carbocycles. The van der Waals surface area contributed by atoms with E-state index in [-0.39, 0.29) is 18.0 Å². The number of likely N-dealkylation sites (tertiary alicyclic amines) is 1. The molecule has 1 aliphatic rings. The van der Waals surface area contributed by atoms with Gasteiger partial charge in [0.15, 0.2) is 5.65 Å². The molecule has 9 nitrogen and oxygen atoms in total. The van der Waals surface area contributed by atoms with Crippen molar-refractivity contribution in [1.82, 2.24) is 29.2 Å². The summed E-state index contributed by atoms with van der Waals surface area (Å²) in [6.45, 7) is 0.930. The van der Waals surface area contributed by atoms with E-state index >= 15 is 0 Å². The van der Waals surface area contributed by atoms with Crippen molar-refractivity contribution in [3.05, 3.63) is 89.2 Å². The summed E-state index contributed by atoms with van der Waals surface area (Å²) in [5.74, 6) is -0.0502. The Morgan fingerprint density at radius 1 is 1.03 bits per heavy atom. The third kappa shape index (κ3) is 3.70. The number of carbonyl (C=O) groups excluding carboxylic acids is 1. The highest BCUT2D eigenvalue weighted by Crippen LogP contribution is 2.27. The predicted octanol–water partition coefficient (Wildman–Crippen LogP) is 2.73. The molecular weight excluding hydrogens is 444 g/mol. The summed E-state index contributed by atoms with van der Waals surface area (Å²) in [6, 6.07) is 17.0. The minimum Gasteiger partial charge on any atom is -0.388 e. The fourth-order valence-corrected chi connectivity index (χ4v) is 4.86. The van der Waals surface area contributed by atoms with Crippen molar-refractivity contribution in [2.24, 2.45) is 0 Å². The quantitative estimate of drug-likeness (QED) is 0.422. The summed E-state index contributed by atoms with van der Waals surface area (Å²) in [4.78, 5) is 35.7. The van der Waals surface area contributed by atoms with E-state index in [2.05, 4.69) is 15.1 Å².